The zero-order valence-electron chi connectivity index (χ0n) is 19.3. The molecule has 6 atom stereocenters. The maximum Gasteiger partial charge on any atom is 0.573 e. The zero-order chi connectivity index (χ0) is 26.9. The second-order valence-corrected chi connectivity index (χ2v) is 10.4. The van der Waals surface area contributed by atoms with Crippen molar-refractivity contribution >= 4 is 28.0 Å². The van der Waals surface area contributed by atoms with E-state index in [4.69, 9.17) is 4.74 Å². The van der Waals surface area contributed by atoms with E-state index in [1.165, 1.54) is 42.9 Å². The number of alkyl halides is 3. The highest BCUT2D eigenvalue weighted by Gasteiger charge is 2.49. The van der Waals surface area contributed by atoms with Crippen molar-refractivity contribution in [2.45, 2.75) is 36.2 Å². The predicted molar refractivity (Wildman–Crippen MR) is 129 cm³/mol. The maximum atomic E-state index is 13.7. The van der Waals surface area contributed by atoms with E-state index in [1.807, 2.05) is 0 Å². The standard InChI is InChI=1S/C24H24F4N2O6S/c1-30(22(34)14-5-3-7-16(9-14)36-24(26,27)28)23-20(33)21(19(32)18(10-31)35-23)37-11-17(29-12-37)13-4-2-6-15(25)8-13/h2-9,11-12,18-21,23,31-33,37H,10H2,1H3/t18-,19-,20+,21+,23-/m1/s1. The number of ether oxygens (including phenoxy) is 2. The Morgan fingerprint density at radius 2 is 1.89 bits per heavy atom. The highest BCUT2D eigenvalue weighted by molar-refractivity contribution is 8.31. The molecular weight excluding hydrogens is 520 g/mol. The van der Waals surface area contributed by atoms with Gasteiger partial charge in [0.1, 0.15) is 23.8 Å². The first-order valence-corrected chi connectivity index (χ1v) is 12.6. The van der Waals surface area contributed by atoms with E-state index in [0.29, 0.717) is 11.3 Å². The molecule has 2 aliphatic heterocycles. The number of thiol groups is 1. The van der Waals surface area contributed by atoms with E-state index in [2.05, 4.69) is 9.73 Å². The number of carbonyl (C=O) groups is 1. The summed E-state index contributed by atoms with van der Waals surface area (Å²) in [6.07, 6.45) is -10.3. The highest BCUT2D eigenvalue weighted by atomic mass is 32.2. The van der Waals surface area contributed by atoms with Gasteiger partial charge in [-0.25, -0.2) is 4.39 Å². The lowest BCUT2D eigenvalue weighted by atomic mass is 10.00. The Balaban J connectivity index is 1.58. The quantitative estimate of drug-likeness (QED) is 0.329. The topological polar surface area (TPSA) is 112 Å². The highest BCUT2D eigenvalue weighted by Crippen LogP contribution is 2.46. The van der Waals surface area contributed by atoms with Crippen molar-refractivity contribution in [2.75, 3.05) is 13.7 Å². The van der Waals surface area contributed by atoms with Crippen LogP contribution < -0.4 is 4.74 Å². The van der Waals surface area contributed by atoms with Crippen LogP contribution in [0.5, 0.6) is 5.75 Å². The van der Waals surface area contributed by atoms with Gasteiger partial charge in [0.15, 0.2) is 6.23 Å². The number of benzene rings is 2. The molecule has 2 aliphatic rings. The van der Waals surface area contributed by atoms with Gasteiger partial charge in [-0.3, -0.25) is 9.79 Å². The summed E-state index contributed by atoms with van der Waals surface area (Å²) in [5, 5.41) is 32.6. The number of likely N-dealkylation sites (N-methyl/N-ethyl adjacent to an activating group) is 1. The van der Waals surface area contributed by atoms with Crippen molar-refractivity contribution < 1.29 is 47.1 Å². The van der Waals surface area contributed by atoms with E-state index >= 15 is 0 Å². The third-order valence-electron chi connectivity index (χ3n) is 5.95. The molecule has 0 bridgehead atoms. The summed E-state index contributed by atoms with van der Waals surface area (Å²) in [5.74, 6) is -1.84. The molecule has 4 rings (SSSR count). The number of hydrogen-bond acceptors (Lipinski definition) is 7. The number of halogens is 4. The maximum absolute atomic E-state index is 13.7. The van der Waals surface area contributed by atoms with Crippen LogP contribution in [0.2, 0.25) is 0 Å². The van der Waals surface area contributed by atoms with Crippen LogP contribution >= 0.6 is 10.9 Å². The van der Waals surface area contributed by atoms with Crippen LogP contribution in [0.25, 0.3) is 5.70 Å². The first-order chi connectivity index (χ1) is 17.5. The molecule has 1 unspecified atom stereocenters. The Kier molecular flexibility index (Phi) is 7.90. The van der Waals surface area contributed by atoms with Gasteiger partial charge in [0, 0.05) is 23.7 Å². The van der Waals surface area contributed by atoms with Gasteiger partial charge < -0.3 is 29.7 Å². The summed E-state index contributed by atoms with van der Waals surface area (Å²) in [4.78, 5) is 18.4. The molecule has 2 heterocycles. The lowest BCUT2D eigenvalue weighted by Crippen LogP contribution is -2.63. The van der Waals surface area contributed by atoms with Crippen molar-refractivity contribution in [3.63, 3.8) is 0 Å². The molecule has 0 spiro atoms. The first-order valence-electron chi connectivity index (χ1n) is 11.0. The van der Waals surface area contributed by atoms with E-state index in [1.54, 1.807) is 11.5 Å². The Morgan fingerprint density at radius 1 is 1.16 bits per heavy atom. The molecule has 8 nitrogen and oxygen atoms in total. The number of amides is 1. The summed E-state index contributed by atoms with van der Waals surface area (Å²) >= 11 is 0. The van der Waals surface area contributed by atoms with Gasteiger partial charge in [0.2, 0.25) is 0 Å². The number of aliphatic hydroxyl groups excluding tert-OH is 3. The van der Waals surface area contributed by atoms with E-state index in [-0.39, 0.29) is 5.56 Å². The summed E-state index contributed by atoms with van der Waals surface area (Å²) in [6, 6.07) is 10.2. The lowest BCUT2D eigenvalue weighted by Gasteiger charge is -2.47. The molecule has 2 aromatic rings. The second-order valence-electron chi connectivity index (χ2n) is 8.43. The minimum atomic E-state index is -4.95. The van der Waals surface area contributed by atoms with Gasteiger partial charge in [-0.2, -0.15) is 10.9 Å². The Morgan fingerprint density at radius 3 is 2.57 bits per heavy atom. The van der Waals surface area contributed by atoms with E-state index in [0.717, 1.165) is 17.0 Å². The van der Waals surface area contributed by atoms with Crippen LogP contribution in [0, 0.1) is 5.82 Å². The first kappa shape index (κ1) is 27.1. The number of aliphatic hydroxyl groups is 3. The van der Waals surface area contributed by atoms with E-state index in [9.17, 15) is 37.7 Å². The van der Waals surface area contributed by atoms with Gasteiger partial charge in [-0.15, -0.1) is 13.2 Å². The average molecular weight is 545 g/mol. The van der Waals surface area contributed by atoms with Gasteiger partial charge in [0.25, 0.3) is 5.91 Å². The summed E-state index contributed by atoms with van der Waals surface area (Å²) in [6.45, 7) is -0.626. The fourth-order valence-corrected chi connectivity index (χ4v) is 6.39. The molecule has 37 heavy (non-hydrogen) atoms. The monoisotopic (exact) mass is 544 g/mol. The molecule has 0 aromatic heterocycles. The number of nitrogens with zero attached hydrogens (tertiary/aromatic N) is 2. The van der Waals surface area contributed by atoms with Gasteiger partial charge >= 0.3 is 6.36 Å². The van der Waals surface area contributed by atoms with Crippen molar-refractivity contribution in [1.82, 2.24) is 4.90 Å². The van der Waals surface area contributed by atoms with Crippen molar-refractivity contribution in [3.05, 3.63) is 70.9 Å². The SMILES string of the molecule is CN(C(=O)c1cccc(OC(F)(F)F)c1)[C@@H]1O[C@H](CO)[C@@H](O)[C@H]([SH]2C=NC(c3cccc(F)c3)=C2)[C@@H]1O. The molecule has 13 heteroatoms. The summed E-state index contributed by atoms with van der Waals surface area (Å²) in [7, 11) is -0.164. The van der Waals surface area contributed by atoms with Crippen LogP contribution in [-0.2, 0) is 4.74 Å². The number of rotatable bonds is 6. The zero-order valence-corrected chi connectivity index (χ0v) is 20.2. The van der Waals surface area contributed by atoms with Crippen molar-refractivity contribution in [2.24, 2.45) is 4.99 Å². The summed E-state index contributed by atoms with van der Waals surface area (Å²) < 4.78 is 60.9. The van der Waals surface area contributed by atoms with E-state index < -0.39 is 71.1 Å². The largest absolute Gasteiger partial charge is 0.573 e. The van der Waals surface area contributed by atoms with Crippen LogP contribution in [0.4, 0.5) is 17.6 Å². The average Bonchev–Trinajstić information content (AvgIpc) is 3.32. The second kappa shape index (κ2) is 10.8. The molecule has 0 radical (unpaired) electrons. The Hall–Kier alpha value is -2.97. The normalized spacial score (nSPS) is 28.6. The predicted octanol–water partition coefficient (Wildman–Crippen LogP) is 2.65. The number of carbonyl (C=O) groups excluding carboxylic acids is 1. The fraction of sp³-hybridized carbons (Fsp3) is 0.333. The van der Waals surface area contributed by atoms with Crippen LogP contribution in [0.15, 0.2) is 58.9 Å². The molecule has 1 fully saturated rings. The Labute approximate surface area is 211 Å². The third-order valence-corrected chi connectivity index (χ3v) is 8.17. The molecular formula is C24H24F4N2O6S. The molecule has 1 saturated heterocycles. The molecule has 200 valence electrons. The molecule has 0 aliphatic carbocycles. The molecule has 0 saturated carbocycles. The molecule has 3 N–H and O–H groups in total. The van der Waals surface area contributed by atoms with Crippen LogP contribution in [0.3, 0.4) is 0 Å². The van der Waals surface area contributed by atoms with Gasteiger partial charge in [0.05, 0.1) is 23.7 Å². The van der Waals surface area contributed by atoms with Gasteiger partial charge in [-0.1, -0.05) is 18.2 Å². The Bertz CT molecular complexity index is 1210. The van der Waals surface area contributed by atoms with Crippen LogP contribution in [0.1, 0.15) is 15.9 Å². The molecule has 2 aromatic carbocycles. The van der Waals surface area contributed by atoms with Crippen LogP contribution in [-0.4, -0.2) is 81.5 Å². The van der Waals surface area contributed by atoms with Crippen molar-refractivity contribution in [3.8, 4) is 5.75 Å². The van der Waals surface area contributed by atoms with Gasteiger partial charge in [-0.05, 0) is 35.7 Å². The van der Waals surface area contributed by atoms with Crippen molar-refractivity contribution in [1.29, 1.82) is 0 Å². The minimum absolute atomic E-state index is 0.162. The third kappa shape index (κ3) is 5.96. The number of aliphatic imine (C=N–C) groups is 1. The lowest BCUT2D eigenvalue weighted by molar-refractivity contribution is -0.274. The summed E-state index contributed by atoms with van der Waals surface area (Å²) in [5.41, 5.74) is 2.31. The fourth-order valence-electron chi connectivity index (χ4n) is 4.20. The molecule has 1 amide bonds. The number of hydrogen-bond donors (Lipinski definition) is 4. The smallest absolute Gasteiger partial charge is 0.406 e. The minimum Gasteiger partial charge on any atom is -0.406 e.